The number of hydrogen-bond donors (Lipinski definition) is 0. The van der Waals surface area contributed by atoms with Gasteiger partial charge in [0.2, 0.25) is 5.60 Å². The molecule has 7 nitrogen and oxygen atoms in total. The molecule has 1 atom stereocenters. The van der Waals surface area contributed by atoms with Gasteiger partial charge < -0.3 is 14.0 Å². The van der Waals surface area contributed by atoms with Gasteiger partial charge in [0.25, 0.3) is 5.56 Å². The molecule has 3 aromatic rings. The Morgan fingerprint density at radius 2 is 1.85 bits per heavy atom. The van der Waals surface area contributed by atoms with Crippen LogP contribution in [0, 0.1) is 0 Å². The topological polar surface area (TPSA) is 87.5 Å². The number of carbonyl (C=O) groups excluding carboxylic acids is 2. The fourth-order valence-electron chi connectivity index (χ4n) is 4.06. The molecule has 7 heteroatoms. The van der Waals surface area contributed by atoms with Gasteiger partial charge in [-0.3, -0.25) is 9.59 Å². The van der Waals surface area contributed by atoms with Crippen molar-refractivity contribution < 1.29 is 19.1 Å². The summed E-state index contributed by atoms with van der Waals surface area (Å²) in [5, 5.41) is 0.997. The number of nitrogens with zero attached hydrogens (tertiary/aromatic N) is 2. The van der Waals surface area contributed by atoms with Gasteiger partial charge >= 0.3 is 11.9 Å². The molecule has 0 bridgehead atoms. The van der Waals surface area contributed by atoms with E-state index in [1.807, 2.05) is 58.0 Å². The summed E-state index contributed by atoms with van der Waals surface area (Å²) in [4.78, 5) is 42.5. The maximum atomic E-state index is 13.2. The molecule has 0 saturated heterocycles. The van der Waals surface area contributed by atoms with Crippen molar-refractivity contribution >= 4 is 22.8 Å². The van der Waals surface area contributed by atoms with Crippen LogP contribution >= 0.6 is 0 Å². The van der Waals surface area contributed by atoms with Crippen molar-refractivity contribution in [2.75, 3.05) is 0 Å². The van der Waals surface area contributed by atoms with Crippen LogP contribution in [0.3, 0.4) is 0 Å². The van der Waals surface area contributed by atoms with Crippen LogP contribution in [0.25, 0.3) is 22.3 Å². The van der Waals surface area contributed by atoms with Crippen LogP contribution in [0.5, 0.6) is 0 Å². The fraction of sp³-hybridized carbons (Fsp3) is 0.385. The van der Waals surface area contributed by atoms with E-state index >= 15 is 0 Å². The van der Waals surface area contributed by atoms with E-state index in [4.69, 9.17) is 14.5 Å². The molecule has 1 aromatic carbocycles. The summed E-state index contributed by atoms with van der Waals surface area (Å²) in [6, 6.07) is 11.5. The number of rotatable bonds is 2. The van der Waals surface area contributed by atoms with Crippen LogP contribution in [0.1, 0.15) is 64.7 Å². The summed E-state index contributed by atoms with van der Waals surface area (Å²) in [5.74, 6) is -1.22. The van der Waals surface area contributed by atoms with E-state index in [1.165, 1.54) is 6.92 Å². The van der Waals surface area contributed by atoms with Crippen molar-refractivity contribution in [3.05, 3.63) is 63.4 Å². The number of aromatic nitrogens is 2. The van der Waals surface area contributed by atoms with Crippen LogP contribution < -0.4 is 5.56 Å². The quantitative estimate of drug-likeness (QED) is 0.411. The Morgan fingerprint density at radius 3 is 2.55 bits per heavy atom. The second-order valence-electron chi connectivity index (χ2n) is 7.44. The van der Waals surface area contributed by atoms with Gasteiger partial charge in [-0.2, -0.15) is 0 Å². The van der Waals surface area contributed by atoms with Crippen LogP contribution in [-0.4, -0.2) is 21.5 Å². The third-order valence-corrected chi connectivity index (χ3v) is 5.63. The smallest absolute Gasteiger partial charge is 0.355 e. The SMILES string of the molecule is CC.CC.CCC(=O)OC1(C)C(=O)OCc2c1cc1n(c2=O)Cc2cc3ccccc3nc2-1. The van der Waals surface area contributed by atoms with E-state index in [-0.39, 0.29) is 18.6 Å². The zero-order chi connectivity index (χ0) is 24.3. The largest absolute Gasteiger partial charge is 0.457 e. The maximum Gasteiger partial charge on any atom is 0.355 e. The first kappa shape index (κ1) is 24.2. The van der Waals surface area contributed by atoms with Crippen molar-refractivity contribution in [2.24, 2.45) is 0 Å². The van der Waals surface area contributed by atoms with Gasteiger partial charge in [-0.05, 0) is 25.1 Å². The van der Waals surface area contributed by atoms with Crippen LogP contribution in [0.4, 0.5) is 0 Å². The first-order valence-corrected chi connectivity index (χ1v) is 11.5. The molecule has 0 saturated carbocycles. The lowest BCUT2D eigenvalue weighted by atomic mass is 9.89. The minimum absolute atomic E-state index is 0.110. The van der Waals surface area contributed by atoms with Gasteiger partial charge in [-0.25, -0.2) is 9.78 Å². The van der Waals surface area contributed by atoms with E-state index < -0.39 is 17.5 Å². The summed E-state index contributed by atoms with van der Waals surface area (Å²) in [6.07, 6.45) is 0.110. The summed E-state index contributed by atoms with van der Waals surface area (Å²) in [5.41, 5.74) is 1.86. The molecule has 2 aromatic heterocycles. The van der Waals surface area contributed by atoms with Gasteiger partial charge in [0.15, 0.2) is 0 Å². The molecule has 1 unspecified atom stereocenters. The molecule has 4 heterocycles. The van der Waals surface area contributed by atoms with E-state index in [0.717, 1.165) is 16.5 Å². The summed E-state index contributed by atoms with van der Waals surface area (Å²) < 4.78 is 12.3. The predicted octanol–water partition coefficient (Wildman–Crippen LogP) is 4.70. The van der Waals surface area contributed by atoms with E-state index in [0.29, 0.717) is 29.1 Å². The Labute approximate surface area is 193 Å². The lowest BCUT2D eigenvalue weighted by Gasteiger charge is -2.33. The van der Waals surface area contributed by atoms with E-state index in [2.05, 4.69) is 0 Å². The maximum absolute atomic E-state index is 13.2. The van der Waals surface area contributed by atoms with Crippen LogP contribution in [0.2, 0.25) is 0 Å². The molecule has 33 heavy (non-hydrogen) atoms. The first-order chi connectivity index (χ1) is 15.9. The van der Waals surface area contributed by atoms with Crippen molar-refractivity contribution in [1.82, 2.24) is 9.55 Å². The Morgan fingerprint density at radius 1 is 1.15 bits per heavy atom. The molecule has 0 aliphatic carbocycles. The number of cyclic esters (lactones) is 1. The monoisotopic (exact) mass is 450 g/mol. The summed E-state index contributed by atoms with van der Waals surface area (Å²) >= 11 is 0. The number of hydrogen-bond acceptors (Lipinski definition) is 6. The average Bonchev–Trinajstić information content (AvgIpc) is 3.21. The van der Waals surface area contributed by atoms with Gasteiger partial charge in [-0.15, -0.1) is 0 Å². The molecular formula is C26H30N2O5. The number of carbonyl (C=O) groups is 2. The van der Waals surface area contributed by atoms with Crippen LogP contribution in [0.15, 0.2) is 41.2 Å². The van der Waals surface area contributed by atoms with Gasteiger partial charge in [-0.1, -0.05) is 52.8 Å². The lowest BCUT2D eigenvalue weighted by Crippen LogP contribution is -2.45. The molecular weight excluding hydrogens is 420 g/mol. The van der Waals surface area contributed by atoms with E-state index in [1.54, 1.807) is 17.6 Å². The van der Waals surface area contributed by atoms with Gasteiger partial charge in [0, 0.05) is 22.9 Å². The second kappa shape index (κ2) is 9.57. The van der Waals surface area contributed by atoms with Crippen molar-refractivity contribution in [2.45, 2.75) is 66.7 Å². The fourth-order valence-corrected chi connectivity index (χ4v) is 4.06. The lowest BCUT2D eigenvalue weighted by molar-refractivity contribution is -0.186. The number of pyridine rings is 2. The first-order valence-electron chi connectivity index (χ1n) is 11.5. The van der Waals surface area contributed by atoms with Crippen molar-refractivity contribution in [3.8, 4) is 11.4 Å². The Bertz CT molecular complexity index is 1280. The molecule has 0 N–H and O–H groups in total. The number of esters is 2. The molecule has 174 valence electrons. The Hall–Kier alpha value is -3.48. The van der Waals surface area contributed by atoms with Crippen LogP contribution in [-0.2, 0) is 37.8 Å². The van der Waals surface area contributed by atoms with Gasteiger partial charge in [0.1, 0.15) is 6.61 Å². The summed E-state index contributed by atoms with van der Waals surface area (Å²) in [7, 11) is 0. The highest BCUT2D eigenvalue weighted by Crippen LogP contribution is 2.39. The minimum atomic E-state index is -1.66. The highest BCUT2D eigenvalue weighted by molar-refractivity contribution is 5.88. The predicted molar refractivity (Wildman–Crippen MR) is 127 cm³/mol. The number of ether oxygens (including phenoxy) is 2. The third kappa shape index (κ3) is 3.92. The third-order valence-electron chi connectivity index (χ3n) is 5.63. The molecule has 0 radical (unpaired) electrons. The molecule has 0 fully saturated rings. The number of benzene rings is 1. The molecule has 2 aliphatic heterocycles. The Balaban J connectivity index is 0.000000728. The van der Waals surface area contributed by atoms with E-state index in [9.17, 15) is 14.4 Å². The normalized spacial score (nSPS) is 17.3. The van der Waals surface area contributed by atoms with Crippen molar-refractivity contribution in [3.63, 3.8) is 0 Å². The number of para-hydroxylation sites is 1. The highest BCUT2D eigenvalue weighted by atomic mass is 16.6. The molecule has 5 rings (SSSR count). The average molecular weight is 451 g/mol. The zero-order valence-corrected chi connectivity index (χ0v) is 20.0. The highest BCUT2D eigenvalue weighted by Gasteiger charge is 2.47. The number of fused-ring (bicyclic) bond motifs is 5. The second-order valence-corrected chi connectivity index (χ2v) is 7.44. The molecule has 0 amide bonds. The molecule has 2 aliphatic rings. The molecule has 0 spiro atoms. The standard InChI is InChI=1S/C22H18N2O5.2C2H6/c1-3-18(25)29-22(2)15-9-17-19-13(8-12-6-4-5-7-16(12)23-19)10-24(17)20(26)14(15)11-28-21(22)27;2*1-2/h4-9H,3,10-11H2,1-2H3;2*1-2H3. The zero-order valence-electron chi connectivity index (χ0n) is 20.0. The minimum Gasteiger partial charge on any atom is -0.457 e. The summed E-state index contributed by atoms with van der Waals surface area (Å²) in [6.45, 7) is 11.4. The van der Waals surface area contributed by atoms with Gasteiger partial charge in [0.05, 0.1) is 29.0 Å². The Kier molecular flexibility index (Phi) is 7.01. The van der Waals surface area contributed by atoms with Crippen molar-refractivity contribution in [1.29, 1.82) is 0 Å².